The van der Waals surface area contributed by atoms with Gasteiger partial charge in [-0.2, -0.15) is 0 Å². The Labute approximate surface area is 150 Å². The molecule has 1 aromatic carbocycles. The fraction of sp³-hybridized carbons (Fsp3) is 0.632. The normalized spacial score (nSPS) is 22.7. The van der Waals surface area contributed by atoms with Crippen LogP contribution in [-0.2, 0) is 11.3 Å². The molecule has 0 bridgehead atoms. The van der Waals surface area contributed by atoms with Crippen molar-refractivity contribution in [2.45, 2.75) is 52.0 Å². The molecule has 2 atom stereocenters. The molecule has 1 aliphatic rings. The van der Waals surface area contributed by atoms with Gasteiger partial charge in [-0.1, -0.05) is 12.1 Å². The topological polar surface area (TPSA) is 48.9 Å². The van der Waals surface area contributed by atoms with Gasteiger partial charge in [0, 0.05) is 38.8 Å². The molecule has 0 saturated carbocycles. The summed E-state index contributed by atoms with van der Waals surface area (Å²) in [7, 11) is 1.76. The Morgan fingerprint density at radius 1 is 1.20 bits per heavy atom. The van der Waals surface area contributed by atoms with Gasteiger partial charge < -0.3 is 15.4 Å². The van der Waals surface area contributed by atoms with E-state index in [0.29, 0.717) is 6.54 Å². The van der Waals surface area contributed by atoms with Gasteiger partial charge in [0.05, 0.1) is 12.2 Å². The van der Waals surface area contributed by atoms with Gasteiger partial charge in [-0.3, -0.25) is 9.89 Å². The van der Waals surface area contributed by atoms with Gasteiger partial charge >= 0.3 is 0 Å². The molecule has 0 spiro atoms. The number of hydrogen-bond donors (Lipinski definition) is 2. The van der Waals surface area contributed by atoms with E-state index in [9.17, 15) is 4.39 Å². The molecule has 25 heavy (non-hydrogen) atoms. The molecular weight excluding hydrogens is 319 g/mol. The van der Waals surface area contributed by atoms with E-state index in [4.69, 9.17) is 4.74 Å². The number of guanidine groups is 1. The number of rotatable bonds is 5. The predicted octanol–water partition coefficient (Wildman–Crippen LogP) is 2.38. The average molecular weight is 350 g/mol. The molecule has 2 rings (SSSR count). The monoisotopic (exact) mass is 350 g/mol. The summed E-state index contributed by atoms with van der Waals surface area (Å²) in [5.41, 5.74) is 0.999. The van der Waals surface area contributed by atoms with Crippen LogP contribution in [0.15, 0.2) is 29.3 Å². The maximum Gasteiger partial charge on any atom is 0.191 e. The molecule has 1 heterocycles. The summed E-state index contributed by atoms with van der Waals surface area (Å²) in [5.74, 6) is 0.522. The molecule has 1 aromatic rings. The lowest BCUT2D eigenvalue weighted by atomic mass is 10.00. The standard InChI is InChI=1S/C19H31FN4O/c1-14-11-24(12-15(2)25-14)19(3,4)13-23-18(21-5)22-10-16-6-8-17(20)9-7-16/h6-9,14-15H,10-13H2,1-5H3,(H2,21,22,23). The summed E-state index contributed by atoms with van der Waals surface area (Å²) < 4.78 is 18.8. The highest BCUT2D eigenvalue weighted by atomic mass is 19.1. The number of nitrogens with zero attached hydrogens (tertiary/aromatic N) is 2. The molecular formula is C19H31FN4O. The van der Waals surface area contributed by atoms with E-state index in [-0.39, 0.29) is 23.6 Å². The minimum absolute atomic E-state index is 0.0141. The van der Waals surface area contributed by atoms with Crippen LogP contribution in [-0.4, -0.2) is 55.3 Å². The first-order chi connectivity index (χ1) is 11.8. The zero-order valence-corrected chi connectivity index (χ0v) is 16.0. The van der Waals surface area contributed by atoms with Crippen LogP contribution in [0.3, 0.4) is 0 Å². The third-order valence-corrected chi connectivity index (χ3v) is 4.56. The number of aliphatic imine (C=N–C) groups is 1. The minimum atomic E-state index is -0.220. The summed E-state index contributed by atoms with van der Waals surface area (Å²) in [6.07, 6.45) is 0.498. The van der Waals surface area contributed by atoms with Crippen molar-refractivity contribution < 1.29 is 9.13 Å². The zero-order valence-electron chi connectivity index (χ0n) is 16.0. The van der Waals surface area contributed by atoms with Gasteiger partial charge in [-0.25, -0.2) is 4.39 Å². The number of ether oxygens (including phenoxy) is 1. The highest BCUT2D eigenvalue weighted by molar-refractivity contribution is 5.79. The SMILES string of the molecule is CN=C(NCc1ccc(F)cc1)NCC(C)(C)N1CC(C)OC(C)C1. The molecule has 140 valence electrons. The molecule has 2 N–H and O–H groups in total. The fourth-order valence-corrected chi connectivity index (χ4v) is 3.09. The Morgan fingerprint density at radius 2 is 1.80 bits per heavy atom. The van der Waals surface area contributed by atoms with Crippen LogP contribution in [0.4, 0.5) is 4.39 Å². The number of morpholine rings is 1. The van der Waals surface area contributed by atoms with Crippen LogP contribution < -0.4 is 10.6 Å². The average Bonchev–Trinajstić information content (AvgIpc) is 2.55. The highest BCUT2D eigenvalue weighted by Gasteiger charge is 2.33. The Balaban J connectivity index is 1.85. The Morgan fingerprint density at radius 3 is 2.36 bits per heavy atom. The summed E-state index contributed by atoms with van der Waals surface area (Å²) in [5, 5.41) is 6.67. The van der Waals surface area contributed by atoms with Gasteiger partial charge in [0.15, 0.2) is 5.96 Å². The second-order valence-electron chi connectivity index (χ2n) is 7.38. The van der Waals surface area contributed by atoms with E-state index in [1.165, 1.54) is 12.1 Å². The highest BCUT2D eigenvalue weighted by Crippen LogP contribution is 2.20. The zero-order chi connectivity index (χ0) is 18.4. The molecule has 5 nitrogen and oxygen atoms in total. The first-order valence-electron chi connectivity index (χ1n) is 8.89. The molecule has 0 radical (unpaired) electrons. The molecule has 6 heteroatoms. The van der Waals surface area contributed by atoms with Crippen LogP contribution in [0.5, 0.6) is 0 Å². The maximum absolute atomic E-state index is 13.0. The predicted molar refractivity (Wildman–Crippen MR) is 100 cm³/mol. The van der Waals surface area contributed by atoms with Crippen molar-refractivity contribution >= 4 is 5.96 Å². The van der Waals surface area contributed by atoms with E-state index >= 15 is 0 Å². The molecule has 1 aliphatic heterocycles. The van der Waals surface area contributed by atoms with E-state index in [1.807, 2.05) is 0 Å². The lowest BCUT2D eigenvalue weighted by molar-refractivity contribution is -0.0946. The second kappa shape index (κ2) is 8.63. The molecule has 1 saturated heterocycles. The molecule has 0 aromatic heterocycles. The first-order valence-corrected chi connectivity index (χ1v) is 8.89. The van der Waals surface area contributed by atoms with E-state index in [1.54, 1.807) is 19.2 Å². The van der Waals surface area contributed by atoms with E-state index in [2.05, 4.69) is 48.2 Å². The second-order valence-corrected chi connectivity index (χ2v) is 7.38. The van der Waals surface area contributed by atoms with Crippen molar-refractivity contribution in [1.82, 2.24) is 15.5 Å². The quantitative estimate of drug-likeness (QED) is 0.632. The number of halogens is 1. The van der Waals surface area contributed by atoms with Crippen molar-refractivity contribution in [1.29, 1.82) is 0 Å². The van der Waals surface area contributed by atoms with Crippen molar-refractivity contribution in [2.75, 3.05) is 26.7 Å². The lowest BCUT2D eigenvalue weighted by Crippen LogP contribution is -2.59. The fourth-order valence-electron chi connectivity index (χ4n) is 3.09. The van der Waals surface area contributed by atoms with Gasteiger partial charge in [0.25, 0.3) is 0 Å². The number of nitrogens with one attached hydrogen (secondary N) is 2. The number of hydrogen-bond acceptors (Lipinski definition) is 3. The summed E-state index contributed by atoms with van der Waals surface area (Å²) in [4.78, 5) is 6.74. The summed E-state index contributed by atoms with van der Waals surface area (Å²) in [6.45, 7) is 11.9. The van der Waals surface area contributed by atoms with E-state index < -0.39 is 0 Å². The molecule has 0 aliphatic carbocycles. The van der Waals surface area contributed by atoms with Gasteiger partial charge in [-0.15, -0.1) is 0 Å². The van der Waals surface area contributed by atoms with Gasteiger partial charge in [-0.05, 0) is 45.4 Å². The summed E-state index contributed by atoms with van der Waals surface area (Å²) in [6, 6.07) is 6.49. The van der Waals surface area contributed by atoms with Crippen molar-refractivity contribution in [3.63, 3.8) is 0 Å². The molecule has 0 amide bonds. The largest absolute Gasteiger partial charge is 0.373 e. The maximum atomic E-state index is 13.0. The summed E-state index contributed by atoms with van der Waals surface area (Å²) >= 11 is 0. The third kappa shape index (κ3) is 5.97. The minimum Gasteiger partial charge on any atom is -0.373 e. The van der Waals surface area contributed by atoms with Crippen LogP contribution in [0.1, 0.15) is 33.3 Å². The van der Waals surface area contributed by atoms with Crippen molar-refractivity contribution in [3.8, 4) is 0 Å². The van der Waals surface area contributed by atoms with Crippen LogP contribution in [0, 0.1) is 5.82 Å². The van der Waals surface area contributed by atoms with E-state index in [0.717, 1.165) is 31.2 Å². The molecule has 2 unspecified atom stereocenters. The van der Waals surface area contributed by atoms with Gasteiger partial charge in [0.2, 0.25) is 0 Å². The smallest absolute Gasteiger partial charge is 0.191 e. The first kappa shape index (κ1) is 19.7. The van der Waals surface area contributed by atoms with Crippen LogP contribution >= 0.6 is 0 Å². The molecule has 1 fully saturated rings. The third-order valence-electron chi connectivity index (χ3n) is 4.56. The Bertz CT molecular complexity index is 563. The van der Waals surface area contributed by atoms with Crippen molar-refractivity contribution in [3.05, 3.63) is 35.6 Å². The lowest BCUT2D eigenvalue weighted by Gasteiger charge is -2.45. The van der Waals surface area contributed by atoms with Gasteiger partial charge in [0.1, 0.15) is 5.82 Å². The Hall–Kier alpha value is -1.66. The van der Waals surface area contributed by atoms with Crippen LogP contribution in [0.25, 0.3) is 0 Å². The van der Waals surface area contributed by atoms with Crippen LogP contribution in [0.2, 0.25) is 0 Å². The number of benzene rings is 1. The Kier molecular flexibility index (Phi) is 6.79. The van der Waals surface area contributed by atoms with Crippen molar-refractivity contribution in [2.24, 2.45) is 4.99 Å².